The maximum Gasteiger partial charge on any atom is 0.327 e. The Balaban J connectivity index is 1.53. The van der Waals surface area contributed by atoms with Gasteiger partial charge in [-0.05, 0) is 50.5 Å². The molecule has 3 fully saturated rings. The van der Waals surface area contributed by atoms with E-state index in [1.807, 2.05) is 16.7 Å². The van der Waals surface area contributed by atoms with Gasteiger partial charge in [-0.25, -0.2) is 4.79 Å². The number of amides is 4. The van der Waals surface area contributed by atoms with E-state index in [1.54, 1.807) is 12.3 Å². The molecule has 7 nitrogen and oxygen atoms in total. The summed E-state index contributed by atoms with van der Waals surface area (Å²) < 4.78 is 0. The minimum Gasteiger partial charge on any atom is -0.365 e. The molecule has 3 heterocycles. The number of nitrogens with zero attached hydrogens (tertiary/aromatic N) is 3. The summed E-state index contributed by atoms with van der Waals surface area (Å²) in [7, 11) is 0. The number of hydrogen-bond donors (Lipinski definition) is 1. The van der Waals surface area contributed by atoms with Gasteiger partial charge >= 0.3 is 6.03 Å². The number of carbonyl (C=O) groups excluding carboxylic acids is 3. The number of aromatic amines is 1. The highest BCUT2D eigenvalue weighted by molar-refractivity contribution is 6.07. The van der Waals surface area contributed by atoms with Gasteiger partial charge in [0.25, 0.3) is 11.8 Å². The lowest BCUT2D eigenvalue weighted by molar-refractivity contribution is -0.136. The SMILES string of the molecule is Cc1[nH]ccc1C(=O)N1CCC2(CC1)C(=O)N(CC1CCC1)C(=O)N2CC(C)C. The number of likely N-dealkylation sites (tertiary alicyclic amines) is 1. The normalized spacial score (nSPS) is 22.1. The average molecular weight is 401 g/mol. The number of urea groups is 1. The van der Waals surface area contributed by atoms with E-state index in [0.29, 0.717) is 50.5 Å². The van der Waals surface area contributed by atoms with Crippen molar-refractivity contribution in [1.82, 2.24) is 19.7 Å². The van der Waals surface area contributed by atoms with Gasteiger partial charge in [-0.1, -0.05) is 20.3 Å². The van der Waals surface area contributed by atoms with Gasteiger partial charge in [0.2, 0.25) is 0 Å². The summed E-state index contributed by atoms with van der Waals surface area (Å²) in [6.07, 6.45) is 6.20. The van der Waals surface area contributed by atoms with E-state index in [9.17, 15) is 14.4 Å². The fourth-order valence-corrected chi connectivity index (χ4v) is 4.91. The van der Waals surface area contributed by atoms with Gasteiger partial charge in [0, 0.05) is 38.1 Å². The van der Waals surface area contributed by atoms with Crippen molar-refractivity contribution in [2.75, 3.05) is 26.2 Å². The van der Waals surface area contributed by atoms with Crippen molar-refractivity contribution in [1.29, 1.82) is 0 Å². The van der Waals surface area contributed by atoms with Crippen LogP contribution in [0, 0.1) is 18.8 Å². The molecule has 1 saturated carbocycles. The Morgan fingerprint density at radius 3 is 2.45 bits per heavy atom. The van der Waals surface area contributed by atoms with Gasteiger partial charge < -0.3 is 14.8 Å². The third-order valence-electron chi connectivity index (χ3n) is 6.90. The Labute approximate surface area is 172 Å². The van der Waals surface area contributed by atoms with Crippen LogP contribution in [0.25, 0.3) is 0 Å². The second-order valence-electron chi connectivity index (χ2n) is 9.34. The van der Waals surface area contributed by atoms with Crippen molar-refractivity contribution in [2.24, 2.45) is 11.8 Å². The van der Waals surface area contributed by atoms with Gasteiger partial charge in [0.05, 0.1) is 5.56 Å². The molecule has 1 N–H and O–H groups in total. The second kappa shape index (κ2) is 7.50. The highest BCUT2D eigenvalue weighted by Gasteiger charge is 2.58. The van der Waals surface area contributed by atoms with Crippen LogP contribution in [0.3, 0.4) is 0 Å². The minimum atomic E-state index is -0.783. The zero-order valence-corrected chi connectivity index (χ0v) is 17.7. The Hall–Kier alpha value is -2.31. The van der Waals surface area contributed by atoms with Crippen molar-refractivity contribution in [3.8, 4) is 0 Å². The zero-order chi connectivity index (χ0) is 20.8. The van der Waals surface area contributed by atoms with Crippen LogP contribution in [-0.2, 0) is 4.79 Å². The molecule has 0 atom stereocenters. The first kappa shape index (κ1) is 20.0. The first-order valence-electron chi connectivity index (χ1n) is 10.9. The van der Waals surface area contributed by atoms with Crippen molar-refractivity contribution in [3.05, 3.63) is 23.5 Å². The number of hydrogen-bond acceptors (Lipinski definition) is 3. The van der Waals surface area contributed by atoms with Crippen LogP contribution in [0.1, 0.15) is 62.0 Å². The topological polar surface area (TPSA) is 76.7 Å². The Morgan fingerprint density at radius 2 is 1.93 bits per heavy atom. The standard InChI is InChI=1S/C22H32N4O3/c1-15(2)13-26-21(29)25(14-17-5-4-6-17)20(28)22(26)8-11-24(12-9-22)19(27)18-7-10-23-16(18)3/h7,10,15,17,23H,4-6,8-9,11-14H2,1-3H3. The highest BCUT2D eigenvalue weighted by Crippen LogP contribution is 2.40. The molecule has 0 radical (unpaired) electrons. The fourth-order valence-electron chi connectivity index (χ4n) is 4.91. The summed E-state index contributed by atoms with van der Waals surface area (Å²) in [4.78, 5) is 47.8. The van der Waals surface area contributed by atoms with Gasteiger partial charge in [-0.2, -0.15) is 0 Å². The number of aryl methyl sites for hydroxylation is 1. The summed E-state index contributed by atoms with van der Waals surface area (Å²) in [6.45, 7) is 8.17. The van der Waals surface area contributed by atoms with E-state index in [-0.39, 0.29) is 23.8 Å². The Bertz CT molecular complexity index is 803. The molecule has 1 aromatic heterocycles. The fraction of sp³-hybridized carbons (Fsp3) is 0.682. The van der Waals surface area contributed by atoms with Crippen LogP contribution in [0.15, 0.2) is 12.3 Å². The average Bonchev–Trinajstić information content (AvgIpc) is 3.15. The molecule has 0 bridgehead atoms. The van der Waals surface area contributed by atoms with Crippen molar-refractivity contribution < 1.29 is 14.4 Å². The molecule has 7 heteroatoms. The lowest BCUT2D eigenvalue weighted by Crippen LogP contribution is -2.58. The third kappa shape index (κ3) is 3.34. The molecule has 2 aliphatic heterocycles. The van der Waals surface area contributed by atoms with Crippen molar-refractivity contribution >= 4 is 17.8 Å². The quantitative estimate of drug-likeness (QED) is 0.772. The van der Waals surface area contributed by atoms with E-state index in [2.05, 4.69) is 18.8 Å². The summed E-state index contributed by atoms with van der Waals surface area (Å²) in [5, 5.41) is 0. The number of rotatable bonds is 5. The van der Waals surface area contributed by atoms with Gasteiger partial charge in [0.15, 0.2) is 0 Å². The highest BCUT2D eigenvalue weighted by atomic mass is 16.2. The molecule has 1 aliphatic carbocycles. The largest absolute Gasteiger partial charge is 0.365 e. The first-order chi connectivity index (χ1) is 13.8. The second-order valence-corrected chi connectivity index (χ2v) is 9.34. The van der Waals surface area contributed by atoms with Crippen LogP contribution in [0.5, 0.6) is 0 Å². The van der Waals surface area contributed by atoms with Crippen LogP contribution in [0.4, 0.5) is 4.79 Å². The first-order valence-corrected chi connectivity index (χ1v) is 10.9. The number of carbonyl (C=O) groups is 3. The van der Waals surface area contributed by atoms with Crippen LogP contribution in [-0.4, -0.2) is 69.2 Å². The molecule has 1 aromatic rings. The Kier molecular flexibility index (Phi) is 5.17. The predicted molar refractivity (Wildman–Crippen MR) is 109 cm³/mol. The monoisotopic (exact) mass is 400 g/mol. The Morgan fingerprint density at radius 1 is 1.24 bits per heavy atom. The van der Waals surface area contributed by atoms with Crippen molar-refractivity contribution in [3.63, 3.8) is 0 Å². The van der Waals surface area contributed by atoms with Gasteiger partial charge in [-0.3, -0.25) is 14.5 Å². The van der Waals surface area contributed by atoms with E-state index in [1.165, 1.54) is 11.3 Å². The number of imide groups is 1. The molecule has 4 amide bonds. The van der Waals surface area contributed by atoms with E-state index < -0.39 is 5.54 Å². The van der Waals surface area contributed by atoms with Crippen LogP contribution >= 0.6 is 0 Å². The van der Waals surface area contributed by atoms with Crippen molar-refractivity contribution in [2.45, 2.75) is 58.4 Å². The molecule has 158 valence electrons. The third-order valence-corrected chi connectivity index (χ3v) is 6.90. The smallest absolute Gasteiger partial charge is 0.327 e. The number of nitrogens with one attached hydrogen (secondary N) is 1. The summed E-state index contributed by atoms with van der Waals surface area (Å²) in [5.74, 6) is 0.698. The van der Waals surface area contributed by atoms with Gasteiger partial charge in [-0.15, -0.1) is 0 Å². The number of H-pyrrole nitrogens is 1. The van der Waals surface area contributed by atoms with E-state index >= 15 is 0 Å². The van der Waals surface area contributed by atoms with Gasteiger partial charge in [0.1, 0.15) is 5.54 Å². The molecular formula is C22H32N4O3. The molecule has 3 aliphatic rings. The molecular weight excluding hydrogens is 368 g/mol. The van der Waals surface area contributed by atoms with E-state index in [0.717, 1.165) is 18.5 Å². The number of piperidine rings is 1. The number of aromatic nitrogens is 1. The lowest BCUT2D eigenvalue weighted by atomic mass is 9.83. The summed E-state index contributed by atoms with van der Waals surface area (Å²) in [5.41, 5.74) is 0.755. The molecule has 4 rings (SSSR count). The molecule has 29 heavy (non-hydrogen) atoms. The molecule has 0 aromatic carbocycles. The summed E-state index contributed by atoms with van der Waals surface area (Å²) >= 11 is 0. The van der Waals surface area contributed by atoms with Crippen LogP contribution < -0.4 is 0 Å². The maximum absolute atomic E-state index is 13.5. The van der Waals surface area contributed by atoms with Crippen LogP contribution in [0.2, 0.25) is 0 Å². The molecule has 2 saturated heterocycles. The summed E-state index contributed by atoms with van der Waals surface area (Å²) in [6, 6.07) is 1.68. The predicted octanol–water partition coefficient (Wildman–Crippen LogP) is 3.02. The van der Waals surface area contributed by atoms with E-state index in [4.69, 9.17) is 0 Å². The molecule has 1 spiro atoms. The lowest BCUT2D eigenvalue weighted by Gasteiger charge is -2.42. The minimum absolute atomic E-state index is 0.00268. The maximum atomic E-state index is 13.5. The molecule has 0 unspecified atom stereocenters. The zero-order valence-electron chi connectivity index (χ0n) is 17.7.